The van der Waals surface area contributed by atoms with Crippen molar-refractivity contribution in [2.24, 2.45) is 0 Å². The monoisotopic (exact) mass is 454 g/mol. The number of benzene rings is 2. The summed E-state index contributed by atoms with van der Waals surface area (Å²) in [5, 5.41) is 0. The summed E-state index contributed by atoms with van der Waals surface area (Å²) < 4.78 is 8.05. The summed E-state index contributed by atoms with van der Waals surface area (Å²) in [6.45, 7) is 1.67. The zero-order valence-electron chi connectivity index (χ0n) is 19.0. The van der Waals surface area contributed by atoms with Crippen LogP contribution in [0.1, 0.15) is 59.6 Å². The predicted octanol–water partition coefficient (Wildman–Crippen LogP) is 6.06. The summed E-state index contributed by atoms with van der Waals surface area (Å²) in [5.74, 6) is 1.03. The van der Waals surface area contributed by atoms with Crippen molar-refractivity contribution >= 4 is 12.2 Å². The Bertz CT molecular complexity index is 1330. The maximum absolute atomic E-state index is 6.18. The van der Waals surface area contributed by atoms with Crippen LogP contribution < -0.4 is 0 Å². The van der Waals surface area contributed by atoms with E-state index < -0.39 is 0 Å². The molecule has 0 N–H and O–H groups in total. The highest BCUT2D eigenvalue weighted by molar-refractivity contribution is 7.71. The fourth-order valence-corrected chi connectivity index (χ4v) is 5.95. The van der Waals surface area contributed by atoms with Gasteiger partial charge in [-0.1, -0.05) is 60.7 Å². The van der Waals surface area contributed by atoms with E-state index in [1.54, 1.807) is 0 Å². The molecule has 6 rings (SSSR count). The smallest absolute Gasteiger partial charge is 0.217 e. The van der Waals surface area contributed by atoms with Gasteiger partial charge in [-0.05, 0) is 74.7 Å². The van der Waals surface area contributed by atoms with Crippen molar-refractivity contribution in [1.29, 1.82) is 0 Å². The number of imidazole rings is 2. The highest BCUT2D eigenvalue weighted by atomic mass is 32.1. The summed E-state index contributed by atoms with van der Waals surface area (Å²) in [7, 11) is 0. The summed E-state index contributed by atoms with van der Waals surface area (Å²) in [6, 6.07) is 21.5. The van der Waals surface area contributed by atoms with E-state index in [-0.39, 0.29) is 0 Å². The van der Waals surface area contributed by atoms with Gasteiger partial charge in [-0.2, -0.15) is 0 Å². The molecular formula is C28H30N4S. The quantitative estimate of drug-likeness (QED) is 0.343. The van der Waals surface area contributed by atoms with Gasteiger partial charge in [-0.25, -0.2) is 4.98 Å². The Morgan fingerprint density at radius 1 is 0.636 bits per heavy atom. The largest absolute Gasteiger partial charge is 0.316 e. The van der Waals surface area contributed by atoms with Gasteiger partial charge in [0.05, 0.1) is 18.8 Å². The minimum absolute atomic E-state index is 0.827. The first-order chi connectivity index (χ1) is 16.3. The van der Waals surface area contributed by atoms with Gasteiger partial charge in [0, 0.05) is 17.1 Å². The number of fused-ring (bicyclic) bond motifs is 2. The fourth-order valence-electron chi connectivity index (χ4n) is 5.58. The first-order valence-electron chi connectivity index (χ1n) is 12.3. The fraction of sp³-hybridized carbons (Fsp3) is 0.357. The highest BCUT2D eigenvalue weighted by Gasteiger charge is 2.27. The second-order valence-corrected chi connectivity index (χ2v) is 9.74. The number of nitrogens with zero attached hydrogens (tertiary/aromatic N) is 4. The van der Waals surface area contributed by atoms with Crippen molar-refractivity contribution in [3.05, 3.63) is 99.3 Å². The lowest BCUT2D eigenvalue weighted by Crippen LogP contribution is -2.15. The van der Waals surface area contributed by atoms with Crippen LogP contribution >= 0.6 is 12.2 Å². The average Bonchev–Trinajstić information content (AvgIpc) is 3.35. The summed E-state index contributed by atoms with van der Waals surface area (Å²) in [6.07, 6.45) is 9.27. The van der Waals surface area contributed by atoms with Crippen molar-refractivity contribution in [2.45, 2.75) is 64.5 Å². The summed E-state index contributed by atoms with van der Waals surface area (Å²) in [5.41, 5.74) is 8.07. The molecule has 0 aliphatic heterocycles. The van der Waals surface area contributed by atoms with Gasteiger partial charge in [0.15, 0.2) is 4.77 Å². The molecule has 0 fully saturated rings. The lowest BCUT2D eigenvalue weighted by Gasteiger charge is -2.18. The standard InChI is InChI=1S/C28H30N4S/c33-28-31(20-22-13-5-2-6-14-22)25-17-9-10-18-26(25)32(28)27-29-23-15-7-8-16-24(23)30(27)19-21-11-3-1-4-12-21/h1-6,11-14H,7-10,15-20H2. The van der Waals surface area contributed by atoms with E-state index in [0.29, 0.717) is 0 Å². The molecule has 2 aromatic carbocycles. The molecule has 33 heavy (non-hydrogen) atoms. The second kappa shape index (κ2) is 8.79. The van der Waals surface area contributed by atoms with Crippen LogP contribution in [0.5, 0.6) is 0 Å². The molecule has 0 atom stereocenters. The maximum Gasteiger partial charge on any atom is 0.217 e. The number of aromatic nitrogens is 4. The van der Waals surface area contributed by atoms with Crippen LogP contribution in [-0.4, -0.2) is 18.7 Å². The number of aryl methyl sites for hydroxylation is 1. The molecule has 0 saturated heterocycles. The van der Waals surface area contributed by atoms with E-state index in [9.17, 15) is 0 Å². The van der Waals surface area contributed by atoms with Crippen molar-refractivity contribution < 1.29 is 0 Å². The van der Waals surface area contributed by atoms with Crippen molar-refractivity contribution in [3.63, 3.8) is 0 Å². The van der Waals surface area contributed by atoms with Crippen LogP contribution in [-0.2, 0) is 38.8 Å². The molecule has 5 heteroatoms. The first-order valence-corrected chi connectivity index (χ1v) is 12.7. The third-order valence-corrected chi connectivity index (χ3v) is 7.61. The molecule has 2 aromatic heterocycles. The molecule has 0 unspecified atom stereocenters. The van der Waals surface area contributed by atoms with Crippen LogP contribution in [0.3, 0.4) is 0 Å². The average molecular weight is 455 g/mol. The molecule has 0 amide bonds. The van der Waals surface area contributed by atoms with E-state index in [2.05, 4.69) is 74.4 Å². The Labute approximate surface area is 200 Å². The molecule has 0 saturated carbocycles. The van der Waals surface area contributed by atoms with Gasteiger partial charge in [0.25, 0.3) is 0 Å². The third-order valence-electron chi connectivity index (χ3n) is 7.21. The number of rotatable bonds is 5. The van der Waals surface area contributed by atoms with Crippen LogP contribution in [0.15, 0.2) is 60.7 Å². The normalized spacial score (nSPS) is 15.3. The van der Waals surface area contributed by atoms with E-state index >= 15 is 0 Å². The van der Waals surface area contributed by atoms with Gasteiger partial charge in [-0.3, -0.25) is 4.57 Å². The van der Waals surface area contributed by atoms with Crippen LogP contribution in [0, 0.1) is 4.77 Å². The summed E-state index contributed by atoms with van der Waals surface area (Å²) in [4.78, 5) is 5.25. The van der Waals surface area contributed by atoms with Crippen LogP contribution in [0.25, 0.3) is 5.95 Å². The molecule has 2 heterocycles. The minimum Gasteiger partial charge on any atom is -0.316 e. The lowest BCUT2D eigenvalue weighted by atomic mass is 10.0. The second-order valence-electron chi connectivity index (χ2n) is 9.37. The van der Waals surface area contributed by atoms with E-state index in [0.717, 1.165) is 49.5 Å². The third kappa shape index (κ3) is 3.78. The van der Waals surface area contributed by atoms with Gasteiger partial charge >= 0.3 is 0 Å². The number of hydrogen-bond acceptors (Lipinski definition) is 2. The zero-order chi connectivity index (χ0) is 22.2. The molecule has 0 radical (unpaired) electrons. The van der Waals surface area contributed by atoms with Gasteiger partial charge in [0.2, 0.25) is 5.95 Å². The Balaban J connectivity index is 1.52. The van der Waals surface area contributed by atoms with Crippen LogP contribution in [0.2, 0.25) is 0 Å². The van der Waals surface area contributed by atoms with Crippen molar-refractivity contribution in [1.82, 2.24) is 18.7 Å². The van der Waals surface area contributed by atoms with Crippen molar-refractivity contribution in [2.75, 3.05) is 0 Å². The predicted molar refractivity (Wildman–Crippen MR) is 135 cm³/mol. The molecule has 168 valence electrons. The van der Waals surface area contributed by atoms with Crippen LogP contribution in [0.4, 0.5) is 0 Å². The maximum atomic E-state index is 6.18. The topological polar surface area (TPSA) is 27.7 Å². The highest BCUT2D eigenvalue weighted by Crippen LogP contribution is 2.31. The first kappa shape index (κ1) is 20.7. The molecule has 0 spiro atoms. The molecule has 0 bridgehead atoms. The van der Waals surface area contributed by atoms with Gasteiger partial charge in [0.1, 0.15) is 0 Å². The molecule has 4 nitrogen and oxygen atoms in total. The SMILES string of the molecule is S=c1n(Cc2ccccc2)c2c(n1-c1nc3c(n1Cc1ccccc1)CCCC3)CCCC2. The molecule has 2 aliphatic rings. The molecule has 2 aliphatic carbocycles. The Morgan fingerprint density at radius 3 is 1.85 bits per heavy atom. The zero-order valence-corrected chi connectivity index (χ0v) is 19.9. The molecule has 4 aromatic rings. The summed E-state index contributed by atoms with van der Waals surface area (Å²) >= 11 is 6.18. The Hall–Kier alpha value is -2.92. The van der Waals surface area contributed by atoms with Gasteiger partial charge in [-0.15, -0.1) is 0 Å². The molecular weight excluding hydrogens is 424 g/mol. The lowest BCUT2D eigenvalue weighted by molar-refractivity contribution is 0.613. The van der Waals surface area contributed by atoms with E-state index in [1.807, 2.05) is 0 Å². The minimum atomic E-state index is 0.827. The Kier molecular flexibility index (Phi) is 5.50. The van der Waals surface area contributed by atoms with E-state index in [1.165, 1.54) is 59.6 Å². The van der Waals surface area contributed by atoms with Crippen molar-refractivity contribution in [3.8, 4) is 5.95 Å². The Morgan fingerprint density at radius 2 is 1.18 bits per heavy atom. The van der Waals surface area contributed by atoms with Gasteiger partial charge < -0.3 is 9.13 Å². The number of hydrogen-bond donors (Lipinski definition) is 0. The van der Waals surface area contributed by atoms with E-state index in [4.69, 9.17) is 17.2 Å².